The number of rotatable bonds is 8. The molecule has 1 N–H and O–H groups in total. The van der Waals surface area contributed by atoms with Gasteiger partial charge >= 0.3 is 0 Å². The second kappa shape index (κ2) is 11.1. The van der Waals surface area contributed by atoms with Crippen LogP contribution in [0.1, 0.15) is 75.8 Å². The minimum Gasteiger partial charge on any atom is -0.342 e. The highest BCUT2D eigenvalue weighted by molar-refractivity contribution is 6.10. The average Bonchev–Trinajstić information content (AvgIpc) is 3.57. The summed E-state index contributed by atoms with van der Waals surface area (Å²) in [5.41, 5.74) is 4.82. The van der Waals surface area contributed by atoms with Crippen molar-refractivity contribution in [1.82, 2.24) is 10.2 Å². The number of carbonyl (C=O) groups is 3. The number of benzene rings is 2. The third-order valence-corrected chi connectivity index (χ3v) is 8.16. The highest BCUT2D eigenvalue weighted by Gasteiger charge is 2.49. The van der Waals surface area contributed by atoms with Crippen LogP contribution in [0.2, 0.25) is 0 Å². The van der Waals surface area contributed by atoms with Gasteiger partial charge in [0, 0.05) is 6.42 Å². The minimum absolute atomic E-state index is 0.0377. The van der Waals surface area contributed by atoms with E-state index < -0.39 is 18.1 Å². The van der Waals surface area contributed by atoms with E-state index >= 15 is 0 Å². The number of nitrogens with one attached hydrogen (secondary N) is 1. The maximum absolute atomic E-state index is 14.5. The highest BCUT2D eigenvalue weighted by Crippen LogP contribution is 2.37. The van der Waals surface area contributed by atoms with E-state index in [0.29, 0.717) is 19.4 Å². The smallest absolute Gasteiger partial charge is 0.247 e. The van der Waals surface area contributed by atoms with Gasteiger partial charge in [-0.15, -0.1) is 0 Å². The molecule has 210 valence electrons. The van der Waals surface area contributed by atoms with Gasteiger partial charge in [0.15, 0.2) is 5.78 Å². The average molecular weight is 540 g/mol. The van der Waals surface area contributed by atoms with E-state index in [4.69, 9.17) is 0 Å². The van der Waals surface area contributed by atoms with Gasteiger partial charge in [0.25, 0.3) is 0 Å². The zero-order chi connectivity index (χ0) is 28.6. The second-order valence-electron chi connectivity index (χ2n) is 13.2. The second-order valence-corrected chi connectivity index (χ2v) is 13.2. The van der Waals surface area contributed by atoms with Crippen LogP contribution in [-0.2, 0) is 27.2 Å². The van der Waals surface area contributed by atoms with E-state index in [-0.39, 0.29) is 34.8 Å². The van der Waals surface area contributed by atoms with Crippen LogP contribution in [0.3, 0.4) is 0 Å². The molecule has 5 rings (SSSR count). The van der Waals surface area contributed by atoms with Gasteiger partial charge < -0.3 is 10.2 Å². The van der Waals surface area contributed by atoms with Crippen molar-refractivity contribution in [3.63, 3.8) is 0 Å². The molecule has 0 aromatic heterocycles. The van der Waals surface area contributed by atoms with Crippen LogP contribution in [-0.4, -0.2) is 46.8 Å². The van der Waals surface area contributed by atoms with Crippen molar-refractivity contribution in [2.24, 2.45) is 22.2 Å². The van der Waals surface area contributed by atoms with Crippen molar-refractivity contribution in [1.29, 1.82) is 0 Å². The number of Topliss-reactive ketones (excluding diaryl/α,β-unsaturated/α-hetero) is 1. The van der Waals surface area contributed by atoms with Crippen molar-refractivity contribution < 1.29 is 14.4 Å². The standard InChI is InChI=1S/C34H41N3O3/c1-21(2)17-28-32(39)36-30(26-18-24-9-6-7-10-25(24)19-26)33(40)37(28)31(29(38)20-34(3,4)5)23-14-12-22(13-15-23)27-11-8-16-35-27/h6-15,21,26,28,30-31H,16-20H2,1-5H3,(H,36,39)/t28-,30-,31-/m1/s1. The van der Waals surface area contributed by atoms with Crippen molar-refractivity contribution in [3.8, 4) is 0 Å². The number of allylic oxidation sites excluding steroid dienone is 1. The van der Waals surface area contributed by atoms with Gasteiger partial charge in [-0.2, -0.15) is 0 Å². The topological polar surface area (TPSA) is 78.8 Å². The van der Waals surface area contributed by atoms with E-state index in [1.54, 1.807) is 4.90 Å². The molecule has 0 radical (unpaired) electrons. The molecule has 2 amide bonds. The van der Waals surface area contributed by atoms with Crippen LogP contribution in [0.25, 0.3) is 0 Å². The number of nitrogens with zero attached hydrogens (tertiary/aromatic N) is 2. The Kier molecular flexibility index (Phi) is 7.80. The zero-order valence-corrected chi connectivity index (χ0v) is 24.3. The first-order chi connectivity index (χ1) is 19.0. The van der Waals surface area contributed by atoms with Gasteiger partial charge in [-0.25, -0.2) is 0 Å². The Hall–Kier alpha value is -3.54. The van der Waals surface area contributed by atoms with Crippen LogP contribution in [0, 0.1) is 17.3 Å². The molecule has 40 heavy (non-hydrogen) atoms. The largest absolute Gasteiger partial charge is 0.342 e. The Morgan fingerprint density at radius 2 is 1.68 bits per heavy atom. The number of aliphatic imine (C=N–C) groups is 1. The molecule has 1 fully saturated rings. The van der Waals surface area contributed by atoms with E-state index in [2.05, 4.69) is 22.4 Å². The number of amides is 2. The summed E-state index contributed by atoms with van der Waals surface area (Å²) in [5.74, 6) is -0.216. The Labute approximate surface area is 237 Å². The molecular weight excluding hydrogens is 498 g/mol. The fourth-order valence-corrected chi connectivity index (χ4v) is 6.39. The molecule has 1 aliphatic carbocycles. The molecular formula is C34H41N3O3. The first-order valence-corrected chi connectivity index (χ1v) is 14.5. The molecule has 6 nitrogen and oxygen atoms in total. The van der Waals surface area contributed by atoms with Crippen LogP contribution in [0.5, 0.6) is 0 Å². The molecule has 0 bridgehead atoms. The van der Waals surface area contributed by atoms with Crippen LogP contribution in [0.4, 0.5) is 0 Å². The van der Waals surface area contributed by atoms with Crippen LogP contribution < -0.4 is 5.32 Å². The maximum Gasteiger partial charge on any atom is 0.247 e. The predicted molar refractivity (Wildman–Crippen MR) is 158 cm³/mol. The van der Waals surface area contributed by atoms with Gasteiger partial charge in [0.2, 0.25) is 11.8 Å². The lowest BCUT2D eigenvalue weighted by atomic mass is 9.83. The monoisotopic (exact) mass is 539 g/mol. The third kappa shape index (κ3) is 5.81. The Morgan fingerprint density at radius 1 is 1.02 bits per heavy atom. The van der Waals surface area contributed by atoms with Gasteiger partial charge in [-0.05, 0) is 64.8 Å². The summed E-state index contributed by atoms with van der Waals surface area (Å²) < 4.78 is 0. The quantitative estimate of drug-likeness (QED) is 0.498. The summed E-state index contributed by atoms with van der Waals surface area (Å²) >= 11 is 0. The lowest BCUT2D eigenvalue weighted by Gasteiger charge is -2.45. The first kappa shape index (κ1) is 28.0. The summed E-state index contributed by atoms with van der Waals surface area (Å²) in [4.78, 5) is 48.5. The minimum atomic E-state index is -0.831. The number of ketones is 1. The van der Waals surface area contributed by atoms with Crippen molar-refractivity contribution in [2.45, 2.75) is 78.4 Å². The number of fused-ring (bicyclic) bond motifs is 1. The van der Waals surface area contributed by atoms with Crippen molar-refractivity contribution >= 4 is 23.3 Å². The Balaban J connectivity index is 1.54. The van der Waals surface area contributed by atoms with Gasteiger partial charge in [-0.3, -0.25) is 19.4 Å². The Bertz CT molecular complexity index is 1320. The Morgan fingerprint density at radius 3 is 2.23 bits per heavy atom. The summed E-state index contributed by atoms with van der Waals surface area (Å²) in [5, 5.41) is 3.10. The molecule has 0 spiro atoms. The molecule has 2 heterocycles. The van der Waals surface area contributed by atoms with Gasteiger partial charge in [0.05, 0.1) is 12.3 Å². The predicted octanol–water partition coefficient (Wildman–Crippen LogP) is 5.25. The number of hydrogen-bond donors (Lipinski definition) is 1. The number of hydrogen-bond acceptors (Lipinski definition) is 4. The van der Waals surface area contributed by atoms with E-state index in [1.165, 1.54) is 11.1 Å². The highest BCUT2D eigenvalue weighted by atomic mass is 16.2. The maximum atomic E-state index is 14.5. The van der Waals surface area contributed by atoms with E-state index in [9.17, 15) is 14.4 Å². The molecule has 1 saturated heterocycles. The summed E-state index contributed by atoms with van der Waals surface area (Å²) in [6.07, 6.45) is 6.28. The summed E-state index contributed by atoms with van der Waals surface area (Å²) in [6, 6.07) is 13.9. The molecule has 2 aromatic carbocycles. The summed E-state index contributed by atoms with van der Waals surface area (Å²) in [6.45, 7) is 10.9. The summed E-state index contributed by atoms with van der Waals surface area (Å²) in [7, 11) is 0. The fraction of sp³-hybridized carbons (Fsp3) is 0.471. The molecule has 2 aliphatic heterocycles. The third-order valence-electron chi connectivity index (χ3n) is 8.16. The van der Waals surface area contributed by atoms with E-state index in [1.807, 2.05) is 83.2 Å². The lowest BCUT2D eigenvalue weighted by molar-refractivity contribution is -0.157. The fourth-order valence-electron chi connectivity index (χ4n) is 6.39. The van der Waals surface area contributed by atoms with E-state index in [0.717, 1.165) is 29.7 Å². The SMILES string of the molecule is CC(C)C[C@@H]1C(=O)N[C@H](C2Cc3ccccc3C2)C(=O)N1[C@@H](C(=O)CC(C)(C)C)c1ccc(C2=NCC=C2)cc1. The first-order valence-electron chi connectivity index (χ1n) is 14.5. The van der Waals surface area contributed by atoms with Crippen molar-refractivity contribution in [3.05, 3.63) is 82.9 Å². The molecule has 2 aromatic rings. The molecule has 3 aliphatic rings. The van der Waals surface area contributed by atoms with Crippen molar-refractivity contribution in [2.75, 3.05) is 6.54 Å². The molecule has 3 atom stereocenters. The molecule has 0 unspecified atom stereocenters. The normalized spacial score (nSPS) is 21.9. The molecule has 6 heteroatoms. The van der Waals surface area contributed by atoms with Crippen LogP contribution in [0.15, 0.2) is 65.7 Å². The van der Waals surface area contributed by atoms with Gasteiger partial charge in [-0.1, -0.05) is 89.2 Å². The van der Waals surface area contributed by atoms with Gasteiger partial charge in [0.1, 0.15) is 18.1 Å². The number of piperazine rings is 1. The number of carbonyl (C=O) groups excluding carboxylic acids is 3. The zero-order valence-electron chi connectivity index (χ0n) is 24.3. The lowest BCUT2D eigenvalue weighted by Crippen LogP contribution is -2.66. The van der Waals surface area contributed by atoms with Crippen LogP contribution >= 0.6 is 0 Å². The molecule has 0 saturated carbocycles.